The zero-order valence-corrected chi connectivity index (χ0v) is 15.7. The highest BCUT2D eigenvalue weighted by atomic mass is 19.1. The lowest BCUT2D eigenvalue weighted by Crippen LogP contribution is -2.32. The van der Waals surface area contributed by atoms with E-state index in [0.29, 0.717) is 17.0 Å². The second-order valence-corrected chi connectivity index (χ2v) is 6.55. The topological polar surface area (TPSA) is 71.0 Å². The Hall–Kier alpha value is -3.22. The van der Waals surface area contributed by atoms with E-state index in [1.54, 1.807) is 31.2 Å². The Morgan fingerprint density at radius 2 is 1.64 bits per heavy atom. The van der Waals surface area contributed by atoms with Gasteiger partial charge in [0, 0.05) is 18.7 Å². The summed E-state index contributed by atoms with van der Waals surface area (Å²) in [5.74, 6) is -0.220. The molecule has 0 bridgehead atoms. The third-order valence-corrected chi connectivity index (χ3v) is 4.52. The highest BCUT2D eigenvalue weighted by Crippen LogP contribution is 2.14. The SMILES string of the molecule is C/C(=N\NC(=O)c1ccc(F)cc1)c1ccc(OCC(=O)N2CCCC2)cc1. The van der Waals surface area contributed by atoms with Gasteiger partial charge in [-0.2, -0.15) is 5.10 Å². The fourth-order valence-electron chi connectivity index (χ4n) is 2.86. The van der Waals surface area contributed by atoms with E-state index < -0.39 is 11.7 Å². The molecule has 1 aliphatic heterocycles. The van der Waals surface area contributed by atoms with Gasteiger partial charge in [0.05, 0.1) is 5.71 Å². The first-order valence-corrected chi connectivity index (χ1v) is 9.14. The van der Waals surface area contributed by atoms with Crippen molar-refractivity contribution in [1.82, 2.24) is 10.3 Å². The summed E-state index contributed by atoms with van der Waals surface area (Å²) in [6.07, 6.45) is 2.10. The van der Waals surface area contributed by atoms with Crippen molar-refractivity contribution in [3.05, 3.63) is 65.5 Å². The van der Waals surface area contributed by atoms with Gasteiger partial charge < -0.3 is 9.64 Å². The van der Waals surface area contributed by atoms with E-state index in [9.17, 15) is 14.0 Å². The Morgan fingerprint density at radius 3 is 2.29 bits per heavy atom. The number of likely N-dealkylation sites (tertiary alicyclic amines) is 1. The van der Waals surface area contributed by atoms with Crippen molar-refractivity contribution in [2.75, 3.05) is 19.7 Å². The molecule has 1 saturated heterocycles. The number of hydrogen-bond acceptors (Lipinski definition) is 4. The van der Waals surface area contributed by atoms with Crippen LogP contribution in [0.4, 0.5) is 4.39 Å². The minimum Gasteiger partial charge on any atom is -0.484 e. The molecule has 1 N–H and O–H groups in total. The van der Waals surface area contributed by atoms with Crippen LogP contribution in [-0.4, -0.2) is 42.1 Å². The maximum Gasteiger partial charge on any atom is 0.271 e. The first-order chi connectivity index (χ1) is 13.5. The van der Waals surface area contributed by atoms with Crippen LogP contribution in [0.25, 0.3) is 0 Å². The molecule has 0 spiro atoms. The van der Waals surface area contributed by atoms with E-state index in [4.69, 9.17) is 4.74 Å². The summed E-state index contributed by atoms with van der Waals surface area (Å²) in [7, 11) is 0. The molecule has 6 nitrogen and oxygen atoms in total. The van der Waals surface area contributed by atoms with Gasteiger partial charge >= 0.3 is 0 Å². The molecule has 1 aliphatic rings. The van der Waals surface area contributed by atoms with Crippen molar-refractivity contribution in [3.63, 3.8) is 0 Å². The Bertz CT molecular complexity index is 857. The van der Waals surface area contributed by atoms with Gasteiger partial charge in [-0.1, -0.05) is 0 Å². The number of nitrogens with zero attached hydrogens (tertiary/aromatic N) is 2. The van der Waals surface area contributed by atoms with Crippen LogP contribution in [0.15, 0.2) is 53.6 Å². The van der Waals surface area contributed by atoms with Crippen molar-refractivity contribution in [3.8, 4) is 5.75 Å². The summed E-state index contributed by atoms with van der Waals surface area (Å²) < 4.78 is 18.5. The van der Waals surface area contributed by atoms with E-state index in [-0.39, 0.29) is 12.5 Å². The quantitative estimate of drug-likeness (QED) is 0.616. The molecule has 0 atom stereocenters. The summed E-state index contributed by atoms with van der Waals surface area (Å²) in [5, 5.41) is 4.07. The van der Waals surface area contributed by atoms with Crippen LogP contribution >= 0.6 is 0 Å². The van der Waals surface area contributed by atoms with Gasteiger partial charge in [-0.25, -0.2) is 9.82 Å². The van der Waals surface area contributed by atoms with Gasteiger partial charge in [-0.15, -0.1) is 0 Å². The normalized spacial score (nSPS) is 14.1. The third kappa shape index (κ3) is 5.16. The second-order valence-electron chi connectivity index (χ2n) is 6.55. The number of hydrogen-bond donors (Lipinski definition) is 1. The Labute approximate surface area is 163 Å². The van der Waals surface area contributed by atoms with Crippen molar-refractivity contribution < 1.29 is 18.7 Å². The maximum absolute atomic E-state index is 12.9. The molecule has 1 heterocycles. The minimum absolute atomic E-state index is 0.00262. The smallest absolute Gasteiger partial charge is 0.271 e. The number of hydrazone groups is 1. The maximum atomic E-state index is 12.9. The van der Waals surface area contributed by atoms with E-state index in [1.807, 2.05) is 4.90 Å². The molecule has 2 amide bonds. The molecule has 3 rings (SSSR count). The standard InChI is InChI=1S/C21H22FN3O3/c1-15(23-24-21(27)17-4-8-18(22)9-5-17)16-6-10-19(11-7-16)28-14-20(26)25-12-2-3-13-25/h4-11H,2-3,12-14H2,1H3,(H,24,27)/b23-15+. The predicted octanol–water partition coefficient (Wildman–Crippen LogP) is 2.98. The van der Waals surface area contributed by atoms with Gasteiger partial charge in [-0.05, 0) is 73.9 Å². The molecule has 0 aliphatic carbocycles. The molecule has 7 heteroatoms. The molecule has 2 aromatic rings. The third-order valence-electron chi connectivity index (χ3n) is 4.52. The zero-order valence-electron chi connectivity index (χ0n) is 15.7. The van der Waals surface area contributed by atoms with Crippen LogP contribution in [-0.2, 0) is 4.79 Å². The number of carbonyl (C=O) groups is 2. The first-order valence-electron chi connectivity index (χ1n) is 9.14. The van der Waals surface area contributed by atoms with Crippen LogP contribution in [0.5, 0.6) is 5.75 Å². The van der Waals surface area contributed by atoms with Crippen molar-refractivity contribution in [2.24, 2.45) is 5.10 Å². The van der Waals surface area contributed by atoms with Crippen molar-refractivity contribution >= 4 is 17.5 Å². The largest absolute Gasteiger partial charge is 0.484 e. The fourth-order valence-corrected chi connectivity index (χ4v) is 2.86. The monoisotopic (exact) mass is 383 g/mol. The van der Waals surface area contributed by atoms with Crippen LogP contribution in [0.1, 0.15) is 35.7 Å². The number of halogens is 1. The summed E-state index contributed by atoms with van der Waals surface area (Å²) in [6, 6.07) is 12.4. The van der Waals surface area contributed by atoms with E-state index in [0.717, 1.165) is 31.5 Å². The Kier molecular flexibility index (Phi) is 6.37. The molecule has 0 aromatic heterocycles. The number of nitrogens with one attached hydrogen (secondary N) is 1. The number of carbonyl (C=O) groups excluding carboxylic acids is 2. The first kappa shape index (κ1) is 19.5. The molecule has 1 fully saturated rings. The van der Waals surface area contributed by atoms with Gasteiger partial charge in [0.1, 0.15) is 11.6 Å². The molecular formula is C21H22FN3O3. The molecule has 146 valence electrons. The van der Waals surface area contributed by atoms with Gasteiger partial charge in [0.2, 0.25) is 0 Å². The van der Waals surface area contributed by atoms with Crippen molar-refractivity contribution in [1.29, 1.82) is 0 Å². The van der Waals surface area contributed by atoms with E-state index >= 15 is 0 Å². The average Bonchev–Trinajstić information content (AvgIpc) is 3.26. The number of benzene rings is 2. The van der Waals surface area contributed by atoms with Crippen LogP contribution in [0.3, 0.4) is 0 Å². The van der Waals surface area contributed by atoms with Gasteiger partial charge in [-0.3, -0.25) is 9.59 Å². The molecule has 0 unspecified atom stereocenters. The molecule has 0 radical (unpaired) electrons. The van der Waals surface area contributed by atoms with Crippen LogP contribution in [0.2, 0.25) is 0 Å². The van der Waals surface area contributed by atoms with Crippen LogP contribution in [0, 0.1) is 5.82 Å². The molecule has 0 saturated carbocycles. The van der Waals surface area contributed by atoms with Crippen molar-refractivity contribution in [2.45, 2.75) is 19.8 Å². The number of amides is 2. The predicted molar refractivity (Wildman–Crippen MR) is 104 cm³/mol. The van der Waals surface area contributed by atoms with Crippen LogP contribution < -0.4 is 10.2 Å². The molecule has 28 heavy (non-hydrogen) atoms. The van der Waals surface area contributed by atoms with Gasteiger partial charge in [0.25, 0.3) is 11.8 Å². The average molecular weight is 383 g/mol. The Balaban J connectivity index is 1.53. The molecule has 2 aromatic carbocycles. The summed E-state index contributed by atoms with van der Waals surface area (Å²) in [5.41, 5.74) is 4.18. The minimum atomic E-state index is -0.417. The number of rotatable bonds is 6. The summed E-state index contributed by atoms with van der Waals surface area (Å²) in [4.78, 5) is 25.8. The zero-order chi connectivity index (χ0) is 19.9. The Morgan fingerprint density at radius 1 is 1.04 bits per heavy atom. The highest BCUT2D eigenvalue weighted by molar-refractivity contribution is 6.00. The highest BCUT2D eigenvalue weighted by Gasteiger charge is 2.18. The summed E-state index contributed by atoms with van der Waals surface area (Å²) >= 11 is 0. The lowest BCUT2D eigenvalue weighted by molar-refractivity contribution is -0.132. The summed E-state index contributed by atoms with van der Waals surface area (Å²) in [6.45, 7) is 3.40. The lowest BCUT2D eigenvalue weighted by Gasteiger charge is -2.15. The fraction of sp³-hybridized carbons (Fsp3) is 0.286. The van der Waals surface area contributed by atoms with E-state index in [1.165, 1.54) is 24.3 Å². The lowest BCUT2D eigenvalue weighted by atomic mass is 10.1. The van der Waals surface area contributed by atoms with E-state index in [2.05, 4.69) is 10.5 Å². The number of ether oxygens (including phenoxy) is 1. The van der Waals surface area contributed by atoms with Gasteiger partial charge in [0.15, 0.2) is 6.61 Å². The second kappa shape index (κ2) is 9.12. The molecular weight excluding hydrogens is 361 g/mol.